The average Bonchev–Trinajstić information content (AvgIpc) is 3.22. The minimum atomic E-state index is -0.259. The van der Waals surface area contributed by atoms with Gasteiger partial charge in [0.2, 0.25) is 0 Å². The Morgan fingerprint density at radius 1 is 0.800 bits per heavy atom. The zero-order chi connectivity index (χ0) is 20.3. The highest BCUT2D eigenvalue weighted by atomic mass is 32.1. The summed E-state index contributed by atoms with van der Waals surface area (Å²) in [4.78, 5) is 9.70. The summed E-state index contributed by atoms with van der Waals surface area (Å²) in [6.45, 7) is 0. The van der Waals surface area contributed by atoms with Gasteiger partial charge < -0.3 is 10.1 Å². The van der Waals surface area contributed by atoms with Crippen molar-refractivity contribution in [1.29, 1.82) is 0 Å². The fourth-order valence-corrected chi connectivity index (χ4v) is 4.10. The largest absolute Gasteiger partial charge is 0.457 e. The molecule has 0 aliphatic rings. The standard InChI is InChI=1S/C24H16FN3OS/c25-17-8-6-16(7-9-17)21-14-30-24-22(21)23(26-15-27-24)28-18-10-12-20(13-11-18)29-19-4-2-1-3-5-19/h1-15H,(H,26,27,28). The highest BCUT2D eigenvalue weighted by Crippen LogP contribution is 2.37. The Balaban J connectivity index is 1.44. The van der Waals surface area contributed by atoms with Crippen molar-refractivity contribution in [2.75, 3.05) is 5.32 Å². The molecule has 0 unspecified atom stereocenters. The predicted molar refractivity (Wildman–Crippen MR) is 119 cm³/mol. The van der Waals surface area contributed by atoms with Gasteiger partial charge in [-0.1, -0.05) is 30.3 Å². The van der Waals surface area contributed by atoms with Crippen LogP contribution >= 0.6 is 11.3 Å². The van der Waals surface area contributed by atoms with E-state index in [0.29, 0.717) is 5.82 Å². The van der Waals surface area contributed by atoms with Crippen LogP contribution in [0.5, 0.6) is 11.5 Å². The maximum Gasteiger partial charge on any atom is 0.143 e. The van der Waals surface area contributed by atoms with Crippen LogP contribution in [0.3, 0.4) is 0 Å². The molecule has 3 aromatic carbocycles. The van der Waals surface area contributed by atoms with Crippen molar-refractivity contribution in [3.63, 3.8) is 0 Å². The lowest BCUT2D eigenvalue weighted by molar-refractivity contribution is 0.483. The summed E-state index contributed by atoms with van der Waals surface area (Å²) in [7, 11) is 0. The average molecular weight is 413 g/mol. The molecule has 0 aliphatic heterocycles. The fraction of sp³-hybridized carbons (Fsp3) is 0. The summed E-state index contributed by atoms with van der Waals surface area (Å²) >= 11 is 1.54. The monoisotopic (exact) mass is 413 g/mol. The molecule has 0 bridgehead atoms. The number of aromatic nitrogens is 2. The summed E-state index contributed by atoms with van der Waals surface area (Å²) in [5, 5.41) is 6.31. The molecule has 5 rings (SSSR count). The highest BCUT2D eigenvalue weighted by Gasteiger charge is 2.13. The van der Waals surface area contributed by atoms with Crippen molar-refractivity contribution in [2.45, 2.75) is 0 Å². The quantitative estimate of drug-likeness (QED) is 0.336. The van der Waals surface area contributed by atoms with Crippen LogP contribution in [0.1, 0.15) is 0 Å². The minimum Gasteiger partial charge on any atom is -0.457 e. The second-order valence-electron chi connectivity index (χ2n) is 6.62. The van der Waals surface area contributed by atoms with Crippen molar-refractivity contribution >= 4 is 33.1 Å². The van der Waals surface area contributed by atoms with Crippen LogP contribution in [0, 0.1) is 5.82 Å². The summed E-state index contributed by atoms with van der Waals surface area (Å²) in [6, 6.07) is 23.8. The fourth-order valence-electron chi connectivity index (χ4n) is 3.18. The minimum absolute atomic E-state index is 0.259. The van der Waals surface area contributed by atoms with Gasteiger partial charge in [-0.25, -0.2) is 14.4 Å². The third-order valence-corrected chi connectivity index (χ3v) is 5.51. The summed E-state index contributed by atoms with van der Waals surface area (Å²) in [5.74, 6) is 1.99. The summed E-state index contributed by atoms with van der Waals surface area (Å²) in [6.07, 6.45) is 1.54. The first kappa shape index (κ1) is 18.3. The molecule has 0 fully saturated rings. The van der Waals surface area contributed by atoms with Gasteiger partial charge in [0, 0.05) is 16.6 Å². The number of ether oxygens (including phenoxy) is 1. The van der Waals surface area contributed by atoms with Gasteiger partial charge in [-0.3, -0.25) is 0 Å². The zero-order valence-corrected chi connectivity index (χ0v) is 16.6. The number of anilines is 2. The number of thiophene rings is 1. The molecule has 2 heterocycles. The molecule has 30 heavy (non-hydrogen) atoms. The SMILES string of the molecule is Fc1ccc(-c2csc3ncnc(Nc4ccc(Oc5ccccc5)cc4)c23)cc1. The van der Waals surface area contributed by atoms with Crippen LogP contribution in [0.4, 0.5) is 15.9 Å². The van der Waals surface area contributed by atoms with Gasteiger partial charge in [0.1, 0.15) is 34.3 Å². The van der Waals surface area contributed by atoms with Gasteiger partial charge in [0.25, 0.3) is 0 Å². The first-order valence-corrected chi connectivity index (χ1v) is 10.2. The Bertz CT molecular complexity index is 1290. The summed E-state index contributed by atoms with van der Waals surface area (Å²) < 4.78 is 19.2. The van der Waals surface area contributed by atoms with Crippen molar-refractivity contribution in [3.8, 4) is 22.6 Å². The van der Waals surface area contributed by atoms with Crippen LogP contribution in [-0.4, -0.2) is 9.97 Å². The van der Waals surface area contributed by atoms with E-state index < -0.39 is 0 Å². The normalized spacial score (nSPS) is 10.8. The van der Waals surface area contributed by atoms with E-state index in [1.807, 2.05) is 60.0 Å². The van der Waals surface area contributed by atoms with Crippen molar-refractivity contribution < 1.29 is 9.13 Å². The second kappa shape index (κ2) is 7.93. The zero-order valence-electron chi connectivity index (χ0n) is 15.7. The number of benzene rings is 3. The molecule has 0 atom stereocenters. The van der Waals surface area contributed by atoms with Gasteiger partial charge in [0.05, 0.1) is 5.39 Å². The third kappa shape index (κ3) is 3.73. The van der Waals surface area contributed by atoms with Crippen LogP contribution < -0.4 is 10.1 Å². The van der Waals surface area contributed by atoms with E-state index in [1.54, 1.807) is 18.5 Å². The van der Waals surface area contributed by atoms with Crippen molar-refractivity contribution in [2.24, 2.45) is 0 Å². The number of rotatable bonds is 5. The van der Waals surface area contributed by atoms with Gasteiger partial charge in [-0.2, -0.15) is 0 Å². The molecule has 6 heteroatoms. The van der Waals surface area contributed by atoms with E-state index in [9.17, 15) is 4.39 Å². The number of halogens is 1. The maximum atomic E-state index is 13.3. The summed E-state index contributed by atoms with van der Waals surface area (Å²) in [5.41, 5.74) is 2.78. The molecule has 1 N–H and O–H groups in total. The Hall–Kier alpha value is -3.77. The number of hydrogen-bond acceptors (Lipinski definition) is 5. The molecule has 5 aromatic rings. The van der Waals surface area contributed by atoms with Gasteiger partial charge in [-0.15, -0.1) is 11.3 Å². The van der Waals surface area contributed by atoms with Crippen molar-refractivity contribution in [3.05, 3.63) is 96.4 Å². The molecule has 4 nitrogen and oxygen atoms in total. The Kier molecular flexibility index (Phi) is 4.83. The van der Waals surface area contributed by atoms with Crippen LogP contribution in [-0.2, 0) is 0 Å². The van der Waals surface area contributed by atoms with Gasteiger partial charge >= 0.3 is 0 Å². The lowest BCUT2D eigenvalue weighted by Crippen LogP contribution is -1.95. The van der Waals surface area contributed by atoms with Gasteiger partial charge in [-0.05, 0) is 54.1 Å². The Morgan fingerprint density at radius 3 is 2.30 bits per heavy atom. The number of nitrogens with zero attached hydrogens (tertiary/aromatic N) is 2. The topological polar surface area (TPSA) is 47.0 Å². The van der Waals surface area contributed by atoms with E-state index >= 15 is 0 Å². The Morgan fingerprint density at radius 2 is 1.53 bits per heavy atom. The molecule has 0 spiro atoms. The van der Waals surface area contributed by atoms with Crippen LogP contribution in [0.2, 0.25) is 0 Å². The van der Waals surface area contributed by atoms with Crippen LogP contribution in [0.25, 0.3) is 21.3 Å². The molecule has 0 aliphatic carbocycles. The number of fused-ring (bicyclic) bond motifs is 1. The molecule has 0 amide bonds. The predicted octanol–water partition coefficient (Wildman–Crippen LogP) is 7.03. The Labute approximate surface area is 176 Å². The molecule has 0 saturated carbocycles. The second-order valence-corrected chi connectivity index (χ2v) is 7.48. The van der Waals surface area contributed by atoms with E-state index in [2.05, 4.69) is 15.3 Å². The van der Waals surface area contributed by atoms with E-state index in [0.717, 1.165) is 38.5 Å². The first-order valence-electron chi connectivity index (χ1n) is 9.34. The molecule has 0 radical (unpaired) electrons. The highest BCUT2D eigenvalue weighted by molar-refractivity contribution is 7.17. The number of para-hydroxylation sites is 1. The van der Waals surface area contributed by atoms with Crippen LogP contribution in [0.15, 0.2) is 90.6 Å². The van der Waals surface area contributed by atoms with E-state index in [1.165, 1.54) is 23.5 Å². The first-order chi connectivity index (χ1) is 14.8. The lowest BCUT2D eigenvalue weighted by atomic mass is 10.1. The van der Waals surface area contributed by atoms with E-state index in [-0.39, 0.29) is 5.82 Å². The van der Waals surface area contributed by atoms with Gasteiger partial charge in [0.15, 0.2) is 0 Å². The molecular weight excluding hydrogens is 397 g/mol. The lowest BCUT2D eigenvalue weighted by Gasteiger charge is -2.10. The number of hydrogen-bond donors (Lipinski definition) is 1. The smallest absolute Gasteiger partial charge is 0.143 e. The maximum absolute atomic E-state index is 13.3. The third-order valence-electron chi connectivity index (χ3n) is 4.62. The van der Waals surface area contributed by atoms with Crippen molar-refractivity contribution in [1.82, 2.24) is 9.97 Å². The van der Waals surface area contributed by atoms with E-state index in [4.69, 9.17) is 4.74 Å². The molecule has 2 aromatic heterocycles. The molecular formula is C24H16FN3OS. The number of nitrogens with one attached hydrogen (secondary N) is 1. The molecule has 0 saturated heterocycles. The molecule has 146 valence electrons.